The zero-order chi connectivity index (χ0) is 23.0. The normalized spacial score (nSPS) is 17.4. The van der Waals surface area contributed by atoms with Crippen LogP contribution in [0.2, 0.25) is 0 Å². The van der Waals surface area contributed by atoms with Crippen LogP contribution in [0, 0.1) is 0 Å². The third-order valence-electron chi connectivity index (χ3n) is 5.85. The number of pyridine rings is 1. The molecule has 0 radical (unpaired) electrons. The summed E-state index contributed by atoms with van der Waals surface area (Å²) in [5.74, 6) is 0.866. The Labute approximate surface area is 194 Å². The van der Waals surface area contributed by atoms with Gasteiger partial charge in [-0.05, 0) is 31.9 Å². The van der Waals surface area contributed by atoms with Crippen molar-refractivity contribution in [3.63, 3.8) is 0 Å². The highest BCUT2D eigenvalue weighted by molar-refractivity contribution is 5.79. The third-order valence-corrected chi connectivity index (χ3v) is 5.85. The molecule has 1 saturated heterocycles. The van der Waals surface area contributed by atoms with E-state index in [4.69, 9.17) is 18.9 Å². The molecule has 2 aliphatic heterocycles. The second kappa shape index (κ2) is 11.4. The summed E-state index contributed by atoms with van der Waals surface area (Å²) in [6.07, 6.45) is 4.91. The van der Waals surface area contributed by atoms with Crippen molar-refractivity contribution >= 4 is 11.9 Å². The minimum absolute atomic E-state index is 0.244. The van der Waals surface area contributed by atoms with Crippen molar-refractivity contribution in [2.24, 2.45) is 0 Å². The molecule has 9 nitrogen and oxygen atoms in total. The molecule has 0 saturated carbocycles. The van der Waals surface area contributed by atoms with Gasteiger partial charge in [-0.2, -0.15) is 5.10 Å². The Morgan fingerprint density at radius 2 is 2.03 bits per heavy atom. The van der Waals surface area contributed by atoms with E-state index in [1.54, 1.807) is 12.3 Å². The number of carbonyl (C=O) groups is 1. The number of carbonyl (C=O) groups excluding carboxylic acids is 1. The van der Waals surface area contributed by atoms with Gasteiger partial charge in [-0.25, -0.2) is 4.98 Å². The van der Waals surface area contributed by atoms with E-state index in [1.165, 1.54) is 0 Å². The van der Waals surface area contributed by atoms with Gasteiger partial charge in [-0.15, -0.1) is 0 Å². The predicted octanol–water partition coefficient (Wildman–Crippen LogP) is 2.64. The summed E-state index contributed by atoms with van der Waals surface area (Å²) in [6.45, 7) is 10.4. The first kappa shape index (κ1) is 23.4. The van der Waals surface area contributed by atoms with Gasteiger partial charge in [0.05, 0.1) is 43.9 Å². The Hall–Kier alpha value is -2.75. The molecule has 2 aromatic heterocycles. The van der Waals surface area contributed by atoms with Gasteiger partial charge in [0.15, 0.2) is 6.29 Å². The fraction of sp³-hybridized carbons (Fsp3) is 0.542. The van der Waals surface area contributed by atoms with Crippen LogP contribution in [0.1, 0.15) is 42.4 Å². The first-order valence-electron chi connectivity index (χ1n) is 11.5. The fourth-order valence-electron chi connectivity index (χ4n) is 4.00. The van der Waals surface area contributed by atoms with Crippen LogP contribution in [0.4, 0.5) is 0 Å². The van der Waals surface area contributed by atoms with E-state index in [1.807, 2.05) is 16.9 Å². The third kappa shape index (κ3) is 5.98. The van der Waals surface area contributed by atoms with Crippen LogP contribution in [-0.4, -0.2) is 85.2 Å². The lowest BCUT2D eigenvalue weighted by Gasteiger charge is -2.26. The average molecular weight is 457 g/mol. The van der Waals surface area contributed by atoms with Crippen molar-refractivity contribution in [2.45, 2.75) is 26.3 Å². The van der Waals surface area contributed by atoms with E-state index in [2.05, 4.69) is 28.8 Å². The first-order chi connectivity index (χ1) is 16.2. The number of morpholine rings is 1. The molecule has 4 heterocycles. The van der Waals surface area contributed by atoms with Gasteiger partial charge in [-0.1, -0.05) is 0 Å². The van der Waals surface area contributed by atoms with Gasteiger partial charge in [0.2, 0.25) is 5.88 Å². The minimum Gasteiger partial charge on any atom is -0.487 e. The zero-order valence-corrected chi connectivity index (χ0v) is 19.4. The van der Waals surface area contributed by atoms with E-state index in [9.17, 15) is 4.79 Å². The predicted molar refractivity (Wildman–Crippen MR) is 123 cm³/mol. The van der Waals surface area contributed by atoms with Gasteiger partial charge in [0, 0.05) is 43.5 Å². The molecule has 33 heavy (non-hydrogen) atoms. The monoisotopic (exact) mass is 456 g/mol. The number of aldehydes is 1. The van der Waals surface area contributed by atoms with Crippen LogP contribution in [0.15, 0.2) is 30.1 Å². The average Bonchev–Trinajstić information content (AvgIpc) is 3.34. The van der Waals surface area contributed by atoms with Crippen LogP contribution in [0.25, 0.3) is 5.57 Å². The molecule has 0 unspecified atom stereocenters. The molecule has 2 aliphatic rings. The highest BCUT2D eigenvalue weighted by atomic mass is 16.5. The lowest BCUT2D eigenvalue weighted by molar-refractivity contribution is 0.0320. The van der Waals surface area contributed by atoms with Crippen LogP contribution in [0.3, 0.4) is 0 Å². The quantitative estimate of drug-likeness (QED) is 0.504. The SMILES string of the molecule is CC(C)n1nccc1C1=C(COc2cnc(OCCN3CCOCC3)cc2C=O)CCOC1. The van der Waals surface area contributed by atoms with E-state index in [0.29, 0.717) is 43.6 Å². The molecule has 178 valence electrons. The molecule has 0 bridgehead atoms. The molecule has 0 N–H and O–H groups in total. The largest absolute Gasteiger partial charge is 0.487 e. The van der Waals surface area contributed by atoms with Gasteiger partial charge in [-0.3, -0.25) is 14.4 Å². The van der Waals surface area contributed by atoms with E-state index < -0.39 is 0 Å². The number of hydrogen-bond acceptors (Lipinski definition) is 8. The van der Waals surface area contributed by atoms with E-state index in [-0.39, 0.29) is 6.04 Å². The second-order valence-electron chi connectivity index (χ2n) is 8.41. The summed E-state index contributed by atoms with van der Waals surface area (Å²) >= 11 is 0. The van der Waals surface area contributed by atoms with E-state index in [0.717, 1.165) is 62.4 Å². The zero-order valence-electron chi connectivity index (χ0n) is 19.4. The Kier molecular flexibility index (Phi) is 8.09. The van der Waals surface area contributed by atoms with Crippen LogP contribution >= 0.6 is 0 Å². The second-order valence-corrected chi connectivity index (χ2v) is 8.41. The van der Waals surface area contributed by atoms with Gasteiger partial charge >= 0.3 is 0 Å². The Morgan fingerprint density at radius 3 is 2.82 bits per heavy atom. The van der Waals surface area contributed by atoms with Gasteiger partial charge < -0.3 is 18.9 Å². The maximum Gasteiger partial charge on any atom is 0.214 e. The molecule has 9 heteroatoms. The lowest BCUT2D eigenvalue weighted by atomic mass is 10.0. The summed E-state index contributed by atoms with van der Waals surface area (Å²) in [4.78, 5) is 18.3. The number of ether oxygens (including phenoxy) is 4. The maximum atomic E-state index is 11.7. The van der Waals surface area contributed by atoms with Crippen LogP contribution < -0.4 is 9.47 Å². The van der Waals surface area contributed by atoms with Crippen molar-refractivity contribution < 1.29 is 23.7 Å². The van der Waals surface area contributed by atoms with Crippen molar-refractivity contribution in [3.05, 3.63) is 41.4 Å². The highest BCUT2D eigenvalue weighted by Gasteiger charge is 2.20. The van der Waals surface area contributed by atoms with Crippen molar-refractivity contribution in [1.82, 2.24) is 19.7 Å². The topological polar surface area (TPSA) is 87.9 Å². The minimum atomic E-state index is 0.244. The van der Waals surface area contributed by atoms with Gasteiger partial charge in [0.25, 0.3) is 0 Å². The number of rotatable bonds is 10. The molecule has 0 atom stereocenters. The van der Waals surface area contributed by atoms with Crippen molar-refractivity contribution in [3.8, 4) is 11.6 Å². The Morgan fingerprint density at radius 1 is 1.18 bits per heavy atom. The first-order valence-corrected chi connectivity index (χ1v) is 11.5. The highest BCUT2D eigenvalue weighted by Crippen LogP contribution is 2.28. The summed E-state index contributed by atoms with van der Waals surface area (Å²) in [6, 6.07) is 3.88. The lowest BCUT2D eigenvalue weighted by Crippen LogP contribution is -2.38. The van der Waals surface area contributed by atoms with Gasteiger partial charge in [0.1, 0.15) is 19.0 Å². The number of hydrogen-bond donors (Lipinski definition) is 0. The Balaban J connectivity index is 1.40. The molecular formula is C24H32N4O5. The van der Waals surface area contributed by atoms with Crippen molar-refractivity contribution in [1.29, 1.82) is 0 Å². The molecule has 0 aromatic carbocycles. The van der Waals surface area contributed by atoms with Crippen LogP contribution in [-0.2, 0) is 9.47 Å². The molecule has 1 fully saturated rings. The standard InChI is InChI=1S/C24H32N4O5/c1-18(2)28-22(3-5-26-28)21-17-31-9-4-19(21)16-33-23-14-25-24(13-20(23)15-29)32-12-8-27-6-10-30-11-7-27/h3,5,13-15,18H,4,6-12,16-17H2,1-2H3. The maximum absolute atomic E-state index is 11.7. The molecular weight excluding hydrogens is 424 g/mol. The summed E-state index contributed by atoms with van der Waals surface area (Å²) < 4.78 is 24.9. The van der Waals surface area contributed by atoms with E-state index >= 15 is 0 Å². The molecule has 0 aliphatic carbocycles. The van der Waals surface area contributed by atoms with Crippen LogP contribution in [0.5, 0.6) is 11.6 Å². The molecule has 2 aromatic rings. The summed E-state index contributed by atoms with van der Waals surface area (Å²) in [5.41, 5.74) is 3.70. The summed E-state index contributed by atoms with van der Waals surface area (Å²) in [7, 11) is 0. The molecule has 0 spiro atoms. The number of nitrogens with zero attached hydrogens (tertiary/aromatic N) is 4. The number of aromatic nitrogens is 3. The van der Waals surface area contributed by atoms with Crippen molar-refractivity contribution in [2.75, 3.05) is 59.3 Å². The molecule has 4 rings (SSSR count). The smallest absolute Gasteiger partial charge is 0.214 e. The Bertz CT molecular complexity index is 966. The molecule has 0 amide bonds. The fourth-order valence-corrected chi connectivity index (χ4v) is 4.00. The summed E-state index contributed by atoms with van der Waals surface area (Å²) in [5, 5.41) is 4.44.